The van der Waals surface area contributed by atoms with Crippen LogP contribution in [0.1, 0.15) is 65.7 Å². The van der Waals surface area contributed by atoms with E-state index in [1.165, 1.54) is 44.9 Å². The summed E-state index contributed by atoms with van der Waals surface area (Å²) in [5.41, 5.74) is 0. The third-order valence-electron chi connectivity index (χ3n) is 5.51. The highest BCUT2D eigenvalue weighted by molar-refractivity contribution is 4.85. The van der Waals surface area contributed by atoms with Gasteiger partial charge in [-0.05, 0) is 55.9 Å². The van der Waals surface area contributed by atoms with Crippen molar-refractivity contribution in [3.63, 3.8) is 0 Å². The summed E-state index contributed by atoms with van der Waals surface area (Å²) in [5.74, 6) is 4.01. The first kappa shape index (κ1) is 13.4. The molecule has 1 nitrogen and oxygen atoms in total. The van der Waals surface area contributed by atoms with Crippen LogP contribution < -0.4 is 5.32 Å². The average Bonchev–Trinajstić information content (AvgIpc) is 2.33. The molecular formula is C16H31N. The molecule has 0 amide bonds. The van der Waals surface area contributed by atoms with Gasteiger partial charge in [0.15, 0.2) is 0 Å². The van der Waals surface area contributed by atoms with Crippen molar-refractivity contribution in [2.45, 2.75) is 71.8 Å². The molecule has 2 aliphatic rings. The Balaban J connectivity index is 1.84. The molecule has 0 aromatic carbocycles. The van der Waals surface area contributed by atoms with Gasteiger partial charge in [-0.15, -0.1) is 0 Å². The van der Waals surface area contributed by atoms with Crippen molar-refractivity contribution in [2.24, 2.45) is 23.7 Å². The number of hydrogen-bond acceptors (Lipinski definition) is 1. The minimum absolute atomic E-state index is 0.827. The Hall–Kier alpha value is -0.0400. The van der Waals surface area contributed by atoms with Crippen molar-refractivity contribution < 1.29 is 0 Å². The Bertz CT molecular complexity index is 224. The van der Waals surface area contributed by atoms with E-state index in [-0.39, 0.29) is 0 Å². The summed E-state index contributed by atoms with van der Waals surface area (Å²) in [5, 5.41) is 3.67. The molecule has 0 bridgehead atoms. The first-order valence-corrected chi connectivity index (χ1v) is 7.94. The fourth-order valence-electron chi connectivity index (χ4n) is 4.15. The monoisotopic (exact) mass is 237 g/mol. The lowest BCUT2D eigenvalue weighted by Gasteiger charge is -2.40. The Morgan fingerprint density at radius 2 is 1.65 bits per heavy atom. The van der Waals surface area contributed by atoms with E-state index in [1.54, 1.807) is 0 Å². The smallest absolute Gasteiger partial charge is 0.00696 e. The summed E-state index contributed by atoms with van der Waals surface area (Å²) in [7, 11) is 0. The van der Waals surface area contributed by atoms with E-state index in [0.29, 0.717) is 0 Å². The van der Waals surface area contributed by atoms with E-state index in [4.69, 9.17) is 0 Å². The van der Waals surface area contributed by atoms with Crippen molar-refractivity contribution in [3.8, 4) is 0 Å². The molecule has 0 radical (unpaired) electrons. The van der Waals surface area contributed by atoms with Gasteiger partial charge in [-0.2, -0.15) is 0 Å². The van der Waals surface area contributed by atoms with Crippen LogP contribution in [0.15, 0.2) is 0 Å². The van der Waals surface area contributed by atoms with Gasteiger partial charge in [0, 0.05) is 6.04 Å². The molecule has 5 unspecified atom stereocenters. The largest absolute Gasteiger partial charge is 0.314 e. The average molecular weight is 237 g/mol. The lowest BCUT2D eigenvalue weighted by Crippen LogP contribution is -2.37. The second kappa shape index (κ2) is 6.22. The lowest BCUT2D eigenvalue weighted by atomic mass is 9.67. The molecular weight excluding hydrogens is 206 g/mol. The zero-order valence-electron chi connectivity index (χ0n) is 12.0. The van der Waals surface area contributed by atoms with E-state index < -0.39 is 0 Å². The number of nitrogens with one attached hydrogen (secondary N) is 1. The second-order valence-corrected chi connectivity index (χ2v) is 6.71. The summed E-state index contributed by atoms with van der Waals surface area (Å²) in [6.45, 7) is 8.31. The van der Waals surface area contributed by atoms with Crippen LogP contribution in [-0.2, 0) is 0 Å². The molecule has 0 saturated heterocycles. The SMILES string of the molecule is CCNC1CCCC(C2CCC(C)C(C)C2)C1. The molecule has 2 saturated carbocycles. The molecule has 1 N–H and O–H groups in total. The first-order chi connectivity index (χ1) is 8.20. The maximum atomic E-state index is 3.67. The van der Waals surface area contributed by atoms with Gasteiger partial charge >= 0.3 is 0 Å². The molecule has 0 aromatic rings. The molecule has 0 aliphatic heterocycles. The second-order valence-electron chi connectivity index (χ2n) is 6.71. The maximum absolute atomic E-state index is 3.67. The molecule has 1 heteroatoms. The van der Waals surface area contributed by atoms with Gasteiger partial charge in [0.25, 0.3) is 0 Å². The Morgan fingerprint density at radius 1 is 0.882 bits per heavy atom. The van der Waals surface area contributed by atoms with E-state index in [2.05, 4.69) is 26.1 Å². The lowest BCUT2D eigenvalue weighted by molar-refractivity contribution is 0.120. The summed E-state index contributed by atoms with van der Waals surface area (Å²) < 4.78 is 0. The molecule has 0 heterocycles. The van der Waals surface area contributed by atoms with E-state index in [9.17, 15) is 0 Å². The van der Waals surface area contributed by atoms with Gasteiger partial charge in [-0.3, -0.25) is 0 Å². The summed E-state index contributed by atoms with van der Waals surface area (Å²) >= 11 is 0. The van der Waals surface area contributed by atoms with Crippen LogP contribution in [0.3, 0.4) is 0 Å². The number of hydrogen-bond donors (Lipinski definition) is 1. The fourth-order valence-corrected chi connectivity index (χ4v) is 4.15. The Morgan fingerprint density at radius 3 is 2.35 bits per heavy atom. The van der Waals surface area contributed by atoms with Crippen molar-refractivity contribution >= 4 is 0 Å². The topological polar surface area (TPSA) is 12.0 Å². The molecule has 17 heavy (non-hydrogen) atoms. The summed E-state index contributed by atoms with van der Waals surface area (Å²) in [4.78, 5) is 0. The fraction of sp³-hybridized carbons (Fsp3) is 1.00. The van der Waals surface area contributed by atoms with Crippen LogP contribution in [-0.4, -0.2) is 12.6 Å². The van der Waals surface area contributed by atoms with Crippen LogP contribution in [0.5, 0.6) is 0 Å². The predicted octanol–water partition coefficient (Wildman–Crippen LogP) is 4.23. The minimum atomic E-state index is 0.827. The number of rotatable bonds is 3. The highest BCUT2D eigenvalue weighted by Gasteiger charge is 2.32. The van der Waals surface area contributed by atoms with Gasteiger partial charge in [0.1, 0.15) is 0 Å². The molecule has 0 spiro atoms. The molecule has 100 valence electrons. The first-order valence-electron chi connectivity index (χ1n) is 7.94. The molecule has 2 aliphatic carbocycles. The Kier molecular flexibility index (Phi) is 4.90. The molecule has 5 atom stereocenters. The van der Waals surface area contributed by atoms with Gasteiger partial charge in [0.2, 0.25) is 0 Å². The van der Waals surface area contributed by atoms with Crippen molar-refractivity contribution in [1.29, 1.82) is 0 Å². The van der Waals surface area contributed by atoms with Gasteiger partial charge in [-0.1, -0.05) is 40.0 Å². The van der Waals surface area contributed by atoms with Gasteiger partial charge < -0.3 is 5.32 Å². The van der Waals surface area contributed by atoms with Crippen LogP contribution >= 0.6 is 0 Å². The van der Waals surface area contributed by atoms with Crippen LogP contribution in [0.25, 0.3) is 0 Å². The van der Waals surface area contributed by atoms with E-state index >= 15 is 0 Å². The van der Waals surface area contributed by atoms with Crippen LogP contribution in [0.2, 0.25) is 0 Å². The van der Waals surface area contributed by atoms with Crippen molar-refractivity contribution in [1.82, 2.24) is 5.32 Å². The van der Waals surface area contributed by atoms with Crippen molar-refractivity contribution in [2.75, 3.05) is 6.54 Å². The maximum Gasteiger partial charge on any atom is 0.00696 e. The zero-order valence-corrected chi connectivity index (χ0v) is 12.0. The standard InChI is InChI=1S/C16H31N/c1-4-17-16-7-5-6-14(11-16)15-9-8-12(2)13(3)10-15/h12-17H,4-11H2,1-3H3. The zero-order chi connectivity index (χ0) is 12.3. The third kappa shape index (κ3) is 3.47. The quantitative estimate of drug-likeness (QED) is 0.774. The predicted molar refractivity (Wildman–Crippen MR) is 75.1 cm³/mol. The third-order valence-corrected chi connectivity index (χ3v) is 5.51. The van der Waals surface area contributed by atoms with Crippen LogP contribution in [0, 0.1) is 23.7 Å². The molecule has 2 fully saturated rings. The molecule has 0 aromatic heterocycles. The van der Waals surface area contributed by atoms with Crippen LogP contribution in [0.4, 0.5) is 0 Å². The highest BCUT2D eigenvalue weighted by Crippen LogP contribution is 2.42. The minimum Gasteiger partial charge on any atom is -0.314 e. The van der Waals surface area contributed by atoms with Crippen molar-refractivity contribution in [3.05, 3.63) is 0 Å². The van der Waals surface area contributed by atoms with E-state index in [1.807, 2.05) is 0 Å². The van der Waals surface area contributed by atoms with Gasteiger partial charge in [-0.25, -0.2) is 0 Å². The van der Waals surface area contributed by atoms with E-state index in [0.717, 1.165) is 36.3 Å². The summed E-state index contributed by atoms with van der Waals surface area (Å²) in [6, 6.07) is 0.827. The highest BCUT2D eigenvalue weighted by atomic mass is 14.9. The normalized spacial score (nSPS) is 43.6. The van der Waals surface area contributed by atoms with Gasteiger partial charge in [0.05, 0.1) is 0 Å². The molecule has 2 rings (SSSR count). The Labute approximate surface area is 108 Å². The summed E-state index contributed by atoms with van der Waals surface area (Å²) in [6.07, 6.45) is 10.3.